The number of nitrogens with one attached hydrogen (secondary N) is 7. The zero-order valence-corrected chi connectivity index (χ0v) is 74.2. The molecule has 0 radical (unpaired) electrons. The second kappa shape index (κ2) is 49.8. The maximum atomic E-state index is 15.4. The van der Waals surface area contributed by atoms with Crippen LogP contribution in [0.4, 0.5) is 0 Å². The van der Waals surface area contributed by atoms with Crippen LogP contribution in [0, 0.1) is 23.7 Å². The molecule has 1 fully saturated rings. The van der Waals surface area contributed by atoms with Gasteiger partial charge in [0.25, 0.3) is 6.47 Å². The van der Waals surface area contributed by atoms with E-state index in [4.69, 9.17) is 10.5 Å². The Bertz CT molecular complexity index is 4820. The van der Waals surface area contributed by atoms with E-state index in [2.05, 4.69) is 36.9 Å². The van der Waals surface area contributed by atoms with Crippen LogP contribution in [0.2, 0.25) is 0 Å². The first-order valence-corrected chi connectivity index (χ1v) is 43.5. The molecule has 0 aliphatic carbocycles. The van der Waals surface area contributed by atoms with Gasteiger partial charge in [0.15, 0.2) is 11.6 Å². The number of primary amides is 1. The van der Waals surface area contributed by atoms with E-state index in [1.165, 1.54) is 83.8 Å². The standard InChI is InChI=1S/C92H119N13O21S/c1-11-12-27-75-91(124)101(6)49-65(109)45-62(51-126-54-106)79(111)47-67(56(4)5)88(121)105(10)77(44-58-23-17-14-18-24-58)87(120)99-72(43-60-30-34-64(108)35-31-60)89(122)102(7)50-81(113)95-71(46-61-48-94-68-26-20-19-25-66(61)68)86(119)98-70(41-59-28-32-63(107)33-29-59)85(118)97-69(40-55(2)3)84(117)100-74(78(110)37-38-80(93)112)52-127-53-82(114)96-73(42-57-21-15-13-16-22-57)90(123)103(8)76(36-39-83(115)116)92(125)104(75)9/h13-26,28-35,48,54-56,62,67,69-77,94,107-108H,11-12,27,36-47,49-53H2,1-10H3,(H2,93,112)(H,95,113)(H,96,114)(H,97,118)(H,98,119)(H,99,120)(H,100,117)(H,115,116)/t62-,67-,69-,70-,71-,72-,73-,74-,75-,76-,77-/m0/s1. The van der Waals surface area contributed by atoms with E-state index in [1.54, 1.807) is 119 Å². The Morgan fingerprint density at radius 1 is 0.520 bits per heavy atom. The predicted octanol–water partition coefficient (Wildman–Crippen LogP) is 4.06. The molecule has 1 aromatic heterocycles. The number of carbonyl (C=O) groups is 17. The molecule has 12 amide bonds. The molecule has 0 saturated carbocycles. The Morgan fingerprint density at radius 3 is 1.60 bits per heavy atom. The van der Waals surface area contributed by atoms with Gasteiger partial charge in [-0.15, -0.1) is 11.8 Å². The van der Waals surface area contributed by atoms with E-state index in [1.807, 2.05) is 6.92 Å². The van der Waals surface area contributed by atoms with E-state index in [0.717, 1.165) is 36.3 Å². The monoisotopic (exact) mass is 1770 g/mol. The molecular weight excluding hydrogens is 1660 g/mol. The number of fused-ring (bicyclic) bond motifs is 1. The van der Waals surface area contributed by atoms with Crippen LogP contribution in [-0.4, -0.2) is 266 Å². The number of amides is 12. The van der Waals surface area contributed by atoms with E-state index in [9.17, 15) is 63.3 Å². The molecule has 1 aliphatic rings. The molecule has 2 heterocycles. The lowest BCUT2D eigenvalue weighted by Gasteiger charge is -2.37. The molecule has 12 N–H and O–H groups in total. The summed E-state index contributed by atoms with van der Waals surface area (Å²) < 4.78 is 5.11. The van der Waals surface area contributed by atoms with Crippen molar-refractivity contribution in [1.29, 1.82) is 0 Å². The lowest BCUT2D eigenvalue weighted by Crippen LogP contribution is -2.59. The third-order valence-corrected chi connectivity index (χ3v) is 23.3. The van der Waals surface area contributed by atoms with Gasteiger partial charge in [-0.1, -0.05) is 151 Å². The number of para-hydroxylation sites is 1. The third kappa shape index (κ3) is 31.4. The summed E-state index contributed by atoms with van der Waals surface area (Å²) in [5.74, 6) is -18.6. The Labute approximate surface area is 742 Å². The number of unbranched alkanes of at least 4 members (excludes halogenated alkanes) is 1. The van der Waals surface area contributed by atoms with E-state index in [-0.39, 0.29) is 74.6 Å². The second-order valence-electron chi connectivity index (χ2n) is 33.0. The Kier molecular flexibility index (Phi) is 39.7. The number of aromatic nitrogens is 1. The largest absolute Gasteiger partial charge is 0.508 e. The van der Waals surface area contributed by atoms with Gasteiger partial charge >= 0.3 is 5.97 Å². The molecule has 34 nitrogen and oxygen atoms in total. The molecule has 1 aliphatic heterocycles. The molecule has 11 atom stereocenters. The van der Waals surface area contributed by atoms with Crippen molar-refractivity contribution in [3.05, 3.63) is 167 Å². The zero-order chi connectivity index (χ0) is 93.3. The van der Waals surface area contributed by atoms with E-state index in [0.29, 0.717) is 51.6 Å². The van der Waals surface area contributed by atoms with Gasteiger partial charge in [-0.05, 0) is 89.2 Å². The minimum absolute atomic E-state index is 0.00349. The van der Waals surface area contributed by atoms with Crippen molar-refractivity contribution in [1.82, 2.24) is 61.4 Å². The quantitative estimate of drug-likeness (QED) is 0.0341. The lowest BCUT2D eigenvalue weighted by atomic mass is 9.84. The number of nitrogens with zero attached hydrogens (tertiary/aromatic N) is 5. The summed E-state index contributed by atoms with van der Waals surface area (Å²) in [4.78, 5) is 254. The fourth-order valence-electron chi connectivity index (χ4n) is 15.1. The highest BCUT2D eigenvalue weighted by Gasteiger charge is 2.42. The molecule has 0 spiro atoms. The normalized spacial score (nSPS) is 22.2. The number of phenolic OH excluding ortho intramolecular Hbond substituents is 2. The van der Waals surface area contributed by atoms with Crippen LogP contribution in [0.5, 0.6) is 11.5 Å². The summed E-state index contributed by atoms with van der Waals surface area (Å²) in [5.41, 5.74) is 8.57. The van der Waals surface area contributed by atoms with Crippen LogP contribution in [0.3, 0.4) is 0 Å². The first-order chi connectivity index (χ1) is 60.4. The van der Waals surface area contributed by atoms with Crippen LogP contribution in [-0.2, 0) is 118 Å². The molecule has 0 unspecified atom stereocenters. The summed E-state index contributed by atoms with van der Waals surface area (Å²) in [6.07, 6.45) is -2.11. The number of aliphatic carboxylic acids is 1. The van der Waals surface area contributed by atoms with Crippen molar-refractivity contribution >= 4 is 123 Å². The van der Waals surface area contributed by atoms with Crippen molar-refractivity contribution in [2.24, 2.45) is 29.4 Å². The summed E-state index contributed by atoms with van der Waals surface area (Å²) in [6.45, 7) is 6.60. The average Bonchev–Trinajstić information content (AvgIpc) is 1.72. The average molecular weight is 1780 g/mol. The van der Waals surface area contributed by atoms with Crippen molar-refractivity contribution in [2.45, 2.75) is 185 Å². The number of rotatable bonds is 26. The number of ketones is 3. The molecule has 35 heteroatoms. The fourth-order valence-corrected chi connectivity index (χ4v) is 16.0. The maximum absolute atomic E-state index is 15.4. The van der Waals surface area contributed by atoms with Gasteiger partial charge in [-0.2, -0.15) is 0 Å². The molecule has 0 bridgehead atoms. The minimum Gasteiger partial charge on any atom is -0.508 e. The first-order valence-electron chi connectivity index (χ1n) is 42.4. The maximum Gasteiger partial charge on any atom is 0.303 e. The number of hydrogen-bond acceptors (Lipinski definition) is 21. The number of carbonyl (C=O) groups excluding carboxylic acids is 16. The zero-order valence-electron chi connectivity index (χ0n) is 73.4. The van der Waals surface area contributed by atoms with Gasteiger partial charge in [-0.25, -0.2) is 0 Å². The second-order valence-corrected chi connectivity index (χ2v) is 34.0. The number of benzene rings is 5. The fraction of sp³-hybridized carbons (Fsp3) is 0.467. The van der Waals surface area contributed by atoms with Crippen molar-refractivity contribution in [2.75, 3.05) is 66.4 Å². The van der Waals surface area contributed by atoms with Crippen molar-refractivity contribution in [3.63, 3.8) is 0 Å². The van der Waals surface area contributed by atoms with Crippen LogP contribution in [0.25, 0.3) is 10.9 Å². The number of carboxylic acid groups (broad SMARTS) is 1. The number of carboxylic acids is 1. The van der Waals surface area contributed by atoms with Gasteiger partial charge in [0, 0.05) is 128 Å². The molecule has 1 saturated heterocycles. The van der Waals surface area contributed by atoms with Crippen LogP contribution < -0.4 is 37.6 Å². The number of H-pyrrole nitrogens is 1. The summed E-state index contributed by atoms with van der Waals surface area (Å²) >= 11 is 0.826. The van der Waals surface area contributed by atoms with Crippen LogP contribution in [0.15, 0.2) is 140 Å². The van der Waals surface area contributed by atoms with Crippen molar-refractivity contribution < 1.29 is 102 Å². The van der Waals surface area contributed by atoms with E-state index >= 15 is 33.6 Å². The Morgan fingerprint density at radius 2 is 1.02 bits per heavy atom. The van der Waals surface area contributed by atoms with Gasteiger partial charge < -0.3 is 87.2 Å². The summed E-state index contributed by atoms with van der Waals surface area (Å²) in [5, 5.41) is 48.0. The highest BCUT2D eigenvalue weighted by molar-refractivity contribution is 8.00. The van der Waals surface area contributed by atoms with Gasteiger partial charge in [-0.3, -0.25) is 81.5 Å². The smallest absolute Gasteiger partial charge is 0.303 e. The number of ether oxygens (including phenoxy) is 1. The number of aromatic hydroxyl groups is 2. The Hall–Kier alpha value is -12.8. The number of likely N-dealkylation sites (N-methyl/N-ethyl adjacent to an activating group) is 5. The van der Waals surface area contributed by atoms with Crippen LogP contribution in [0.1, 0.15) is 127 Å². The Balaban J connectivity index is 1.33. The van der Waals surface area contributed by atoms with Gasteiger partial charge in [0.05, 0.1) is 30.8 Å². The first kappa shape index (κ1) is 101. The number of Topliss-reactive ketones (excluding diaryl/α,β-unsaturated/α-hetero) is 3. The number of thioether (sulfide) groups is 1. The lowest BCUT2D eigenvalue weighted by molar-refractivity contribution is -0.152. The molecule has 7 rings (SSSR count). The highest BCUT2D eigenvalue weighted by atomic mass is 32.2. The molecule has 5 aromatic carbocycles. The topological polar surface area (TPSA) is 490 Å². The van der Waals surface area contributed by atoms with Crippen molar-refractivity contribution in [3.8, 4) is 11.5 Å². The predicted molar refractivity (Wildman–Crippen MR) is 472 cm³/mol. The molecular formula is C92H119N13O21S. The summed E-state index contributed by atoms with van der Waals surface area (Å²) in [7, 11) is 6.42. The number of nitrogens with two attached hydrogens (primary N) is 1. The highest BCUT2D eigenvalue weighted by Crippen LogP contribution is 2.28. The number of phenols is 2. The van der Waals surface area contributed by atoms with E-state index < -0.39 is 230 Å². The summed E-state index contributed by atoms with van der Waals surface area (Å²) in [6, 6.07) is 21.9. The molecule has 127 heavy (non-hydrogen) atoms. The SMILES string of the molecule is CCCC[C@H]1C(=O)N(C)CC(=O)C[C@@H](COC=O)C(=O)C[C@@H](C(C)C)C(=O)N(C)[C@@H](Cc2ccccc2)C(=O)N[C@@H](Cc2ccc(O)cc2)C(=O)N(C)CC(=O)N[C@@H](Cc2c[nH]c3ccccc23)C(=O)N[C@@H](Cc2ccc(O)cc2)C(=O)N[C@@H](CC(C)C)C(=O)N[C@H](C(=O)CCC(N)=O)CSCC(=O)N[C@@H](Cc2ccccc2)C(=O)N(C)[C@@H](CCC(=O)O)C(=O)N1C. The number of hydrogen-bond donors (Lipinski definition) is 11. The number of aromatic amines is 1. The van der Waals surface area contributed by atoms with Gasteiger partial charge in [0.1, 0.15) is 72.2 Å². The third-order valence-electron chi connectivity index (χ3n) is 22.3. The van der Waals surface area contributed by atoms with Crippen LogP contribution >= 0.6 is 11.8 Å². The molecule has 684 valence electrons. The molecule has 6 aromatic rings. The van der Waals surface area contributed by atoms with Gasteiger partial charge in [0.2, 0.25) is 70.9 Å². The minimum atomic E-state index is -1.61.